The summed E-state index contributed by atoms with van der Waals surface area (Å²) in [5.41, 5.74) is 3.17. The Labute approximate surface area is 125 Å². The molecule has 1 aliphatic heterocycles. The van der Waals surface area contributed by atoms with Crippen molar-refractivity contribution in [1.82, 2.24) is 0 Å². The lowest BCUT2D eigenvalue weighted by atomic mass is 9.84. The van der Waals surface area contributed by atoms with Gasteiger partial charge >= 0.3 is 0 Å². The predicted octanol–water partition coefficient (Wildman–Crippen LogP) is 3.18. The Bertz CT molecular complexity index is 505. The van der Waals surface area contributed by atoms with Crippen molar-refractivity contribution in [2.75, 3.05) is 18.5 Å². The minimum atomic E-state index is -0.393. The molecule has 0 bridgehead atoms. The number of hydrogen-bond donors (Lipinski definition) is 1. The Morgan fingerprint density at radius 3 is 2.29 bits per heavy atom. The average molecular weight is 289 g/mol. The van der Waals surface area contributed by atoms with E-state index in [2.05, 4.69) is 5.32 Å². The summed E-state index contributed by atoms with van der Waals surface area (Å²) in [5, 5.41) is 3.11. The largest absolute Gasteiger partial charge is 0.348 e. The molecule has 1 aliphatic carbocycles. The molecular weight excluding hydrogens is 266 g/mol. The van der Waals surface area contributed by atoms with E-state index < -0.39 is 5.79 Å². The Morgan fingerprint density at radius 1 is 1.14 bits per heavy atom. The summed E-state index contributed by atoms with van der Waals surface area (Å²) in [6, 6.07) is 6.07. The fourth-order valence-corrected chi connectivity index (χ4v) is 3.34. The minimum absolute atomic E-state index is 0.0578. The molecule has 4 nitrogen and oxygen atoms in total. The van der Waals surface area contributed by atoms with Crippen LogP contribution in [0, 0.1) is 19.8 Å². The molecule has 1 aromatic carbocycles. The van der Waals surface area contributed by atoms with Crippen molar-refractivity contribution < 1.29 is 14.3 Å². The molecule has 114 valence electrons. The summed E-state index contributed by atoms with van der Waals surface area (Å²) in [5.74, 6) is -0.210. The first-order valence-corrected chi connectivity index (χ1v) is 7.75. The molecule has 2 fully saturated rings. The molecule has 1 N–H and O–H groups in total. The number of hydrogen-bond acceptors (Lipinski definition) is 3. The van der Waals surface area contributed by atoms with E-state index in [0.717, 1.165) is 42.5 Å². The Balaban J connectivity index is 1.62. The Hall–Kier alpha value is -1.39. The van der Waals surface area contributed by atoms with E-state index in [1.807, 2.05) is 32.0 Å². The molecule has 3 rings (SSSR count). The number of rotatable bonds is 2. The van der Waals surface area contributed by atoms with Gasteiger partial charge in [0.15, 0.2) is 5.79 Å². The van der Waals surface area contributed by atoms with Gasteiger partial charge < -0.3 is 14.8 Å². The molecular formula is C17H23NO3. The van der Waals surface area contributed by atoms with Crippen LogP contribution < -0.4 is 5.32 Å². The van der Waals surface area contributed by atoms with Crippen LogP contribution in [0.1, 0.15) is 36.8 Å². The zero-order chi connectivity index (χ0) is 14.9. The lowest BCUT2D eigenvalue weighted by Crippen LogP contribution is -2.38. The van der Waals surface area contributed by atoms with Crippen LogP contribution in [0.5, 0.6) is 0 Å². The van der Waals surface area contributed by atoms with Crippen molar-refractivity contribution in [3.63, 3.8) is 0 Å². The quantitative estimate of drug-likeness (QED) is 0.909. The number of amides is 1. The van der Waals surface area contributed by atoms with Gasteiger partial charge in [-0.25, -0.2) is 0 Å². The van der Waals surface area contributed by atoms with Gasteiger partial charge in [-0.3, -0.25) is 4.79 Å². The molecule has 0 atom stereocenters. The van der Waals surface area contributed by atoms with Gasteiger partial charge in [-0.15, -0.1) is 0 Å². The van der Waals surface area contributed by atoms with Crippen molar-refractivity contribution in [2.24, 2.45) is 5.92 Å². The van der Waals surface area contributed by atoms with Crippen molar-refractivity contribution in [3.05, 3.63) is 29.3 Å². The first kappa shape index (κ1) is 14.5. The van der Waals surface area contributed by atoms with Gasteiger partial charge in [-0.1, -0.05) is 18.2 Å². The topological polar surface area (TPSA) is 47.6 Å². The molecule has 1 heterocycles. The molecule has 1 spiro atoms. The predicted molar refractivity (Wildman–Crippen MR) is 81.1 cm³/mol. The van der Waals surface area contributed by atoms with Crippen LogP contribution in [0.4, 0.5) is 5.69 Å². The van der Waals surface area contributed by atoms with Gasteiger partial charge in [-0.2, -0.15) is 0 Å². The van der Waals surface area contributed by atoms with E-state index in [-0.39, 0.29) is 11.8 Å². The monoisotopic (exact) mass is 289 g/mol. The number of carbonyl (C=O) groups is 1. The van der Waals surface area contributed by atoms with Gasteiger partial charge in [0.05, 0.1) is 13.2 Å². The normalized spacial score (nSPS) is 21.6. The number of benzene rings is 1. The van der Waals surface area contributed by atoms with Crippen molar-refractivity contribution in [2.45, 2.75) is 45.3 Å². The van der Waals surface area contributed by atoms with Crippen LogP contribution >= 0.6 is 0 Å². The van der Waals surface area contributed by atoms with E-state index in [4.69, 9.17) is 9.47 Å². The third-order valence-electron chi connectivity index (χ3n) is 4.66. The molecule has 2 aliphatic rings. The molecule has 1 saturated carbocycles. The maximum absolute atomic E-state index is 12.5. The summed E-state index contributed by atoms with van der Waals surface area (Å²) in [4.78, 5) is 12.5. The van der Waals surface area contributed by atoms with Crippen LogP contribution in [0.2, 0.25) is 0 Å². The van der Waals surface area contributed by atoms with Crippen molar-refractivity contribution >= 4 is 11.6 Å². The summed E-state index contributed by atoms with van der Waals surface area (Å²) in [6.07, 6.45) is 3.29. The van der Waals surface area contributed by atoms with Crippen LogP contribution in [-0.2, 0) is 14.3 Å². The standard InChI is InChI=1S/C17H23NO3/c1-12-4-3-5-13(2)15(12)18-16(19)14-6-8-17(9-7-14)20-10-11-21-17/h3-5,14H,6-11H2,1-2H3,(H,18,19). The fraction of sp³-hybridized carbons (Fsp3) is 0.588. The molecule has 1 aromatic rings. The molecule has 0 radical (unpaired) electrons. The highest BCUT2D eigenvalue weighted by Crippen LogP contribution is 2.38. The highest BCUT2D eigenvalue weighted by Gasteiger charge is 2.41. The van der Waals surface area contributed by atoms with E-state index in [1.165, 1.54) is 0 Å². The summed E-state index contributed by atoms with van der Waals surface area (Å²) in [7, 11) is 0. The van der Waals surface area contributed by atoms with Crippen LogP contribution in [0.3, 0.4) is 0 Å². The number of aryl methyl sites for hydroxylation is 2. The average Bonchev–Trinajstić information content (AvgIpc) is 2.92. The molecule has 0 unspecified atom stereocenters. The smallest absolute Gasteiger partial charge is 0.227 e. The SMILES string of the molecule is Cc1cccc(C)c1NC(=O)C1CCC2(CC1)OCCO2. The lowest BCUT2D eigenvalue weighted by Gasteiger charge is -2.34. The van der Waals surface area contributed by atoms with Crippen LogP contribution in [-0.4, -0.2) is 24.9 Å². The summed E-state index contributed by atoms with van der Waals surface area (Å²) in [6.45, 7) is 5.41. The zero-order valence-electron chi connectivity index (χ0n) is 12.8. The van der Waals surface area contributed by atoms with Gasteiger partial charge in [-0.05, 0) is 37.8 Å². The second-order valence-corrected chi connectivity index (χ2v) is 6.14. The number of nitrogens with one attached hydrogen (secondary N) is 1. The molecule has 21 heavy (non-hydrogen) atoms. The minimum Gasteiger partial charge on any atom is -0.348 e. The number of carbonyl (C=O) groups excluding carboxylic acids is 1. The fourth-order valence-electron chi connectivity index (χ4n) is 3.34. The number of para-hydroxylation sites is 1. The highest BCUT2D eigenvalue weighted by atomic mass is 16.7. The second kappa shape index (κ2) is 5.78. The van der Waals surface area contributed by atoms with Gasteiger partial charge in [0.1, 0.15) is 0 Å². The van der Waals surface area contributed by atoms with Gasteiger partial charge in [0, 0.05) is 24.4 Å². The second-order valence-electron chi connectivity index (χ2n) is 6.14. The first-order valence-electron chi connectivity index (χ1n) is 7.75. The van der Waals surface area contributed by atoms with Crippen LogP contribution in [0.15, 0.2) is 18.2 Å². The maximum atomic E-state index is 12.5. The van der Waals surface area contributed by atoms with Crippen molar-refractivity contribution in [1.29, 1.82) is 0 Å². The zero-order valence-corrected chi connectivity index (χ0v) is 12.8. The highest BCUT2D eigenvalue weighted by molar-refractivity contribution is 5.94. The molecule has 4 heteroatoms. The van der Waals surface area contributed by atoms with E-state index in [9.17, 15) is 4.79 Å². The lowest BCUT2D eigenvalue weighted by molar-refractivity contribution is -0.182. The Kier molecular flexibility index (Phi) is 4.00. The molecule has 1 saturated heterocycles. The van der Waals surface area contributed by atoms with Gasteiger partial charge in [0.25, 0.3) is 0 Å². The van der Waals surface area contributed by atoms with Gasteiger partial charge in [0.2, 0.25) is 5.91 Å². The molecule has 1 amide bonds. The van der Waals surface area contributed by atoms with E-state index >= 15 is 0 Å². The first-order chi connectivity index (χ1) is 10.1. The van der Waals surface area contributed by atoms with Crippen molar-refractivity contribution in [3.8, 4) is 0 Å². The van der Waals surface area contributed by atoms with E-state index in [1.54, 1.807) is 0 Å². The van der Waals surface area contributed by atoms with E-state index in [0.29, 0.717) is 13.2 Å². The third-order valence-corrected chi connectivity index (χ3v) is 4.66. The number of ether oxygens (including phenoxy) is 2. The third kappa shape index (κ3) is 2.97. The molecule has 0 aromatic heterocycles. The van der Waals surface area contributed by atoms with Crippen LogP contribution in [0.25, 0.3) is 0 Å². The summed E-state index contributed by atoms with van der Waals surface area (Å²) < 4.78 is 11.4. The maximum Gasteiger partial charge on any atom is 0.227 e. The number of anilines is 1. The Morgan fingerprint density at radius 2 is 1.71 bits per heavy atom. The summed E-state index contributed by atoms with van der Waals surface area (Å²) >= 11 is 0.